The van der Waals surface area contributed by atoms with Gasteiger partial charge in [0.25, 0.3) is 11.2 Å². The highest BCUT2D eigenvalue weighted by Gasteiger charge is 2.23. The van der Waals surface area contributed by atoms with E-state index in [4.69, 9.17) is 0 Å². The van der Waals surface area contributed by atoms with E-state index >= 15 is 0 Å². The summed E-state index contributed by atoms with van der Waals surface area (Å²) in [5.74, 6) is 0. The lowest BCUT2D eigenvalue weighted by molar-refractivity contribution is -0.384. The van der Waals surface area contributed by atoms with E-state index in [1.807, 2.05) is 43.3 Å². The zero-order valence-electron chi connectivity index (χ0n) is 18.2. The Morgan fingerprint density at radius 1 is 0.970 bits per heavy atom. The summed E-state index contributed by atoms with van der Waals surface area (Å²) in [4.78, 5) is 27.1. The predicted octanol–water partition coefficient (Wildman–Crippen LogP) is 3.68. The van der Waals surface area contributed by atoms with Crippen LogP contribution in [0.15, 0.2) is 71.5 Å². The quantitative estimate of drug-likeness (QED) is 0.384. The molecule has 1 aliphatic rings. The molecule has 0 unspecified atom stereocenters. The number of aromatic nitrogens is 2. The first-order valence-corrected chi connectivity index (χ1v) is 10.9. The Labute approximate surface area is 190 Å². The van der Waals surface area contributed by atoms with Gasteiger partial charge in [0.15, 0.2) is 0 Å². The molecule has 4 aromatic rings. The van der Waals surface area contributed by atoms with Crippen molar-refractivity contribution in [3.8, 4) is 16.9 Å². The van der Waals surface area contributed by atoms with Gasteiger partial charge in [0.1, 0.15) is 5.69 Å². The van der Waals surface area contributed by atoms with Crippen LogP contribution in [0.5, 0.6) is 0 Å². The monoisotopic (exact) mass is 441 g/mol. The maximum Gasteiger partial charge on any atom is 0.295 e. The van der Waals surface area contributed by atoms with Crippen LogP contribution in [-0.2, 0) is 0 Å². The molecule has 5 rings (SSSR count). The van der Waals surface area contributed by atoms with Crippen LogP contribution >= 0.6 is 0 Å². The van der Waals surface area contributed by atoms with Crippen molar-refractivity contribution in [2.75, 3.05) is 31.1 Å². The fourth-order valence-corrected chi connectivity index (χ4v) is 4.23. The van der Waals surface area contributed by atoms with Crippen molar-refractivity contribution in [2.24, 2.45) is 0 Å². The average molecular weight is 441 g/mol. The number of nitrogens with one attached hydrogen (secondary N) is 1. The van der Waals surface area contributed by atoms with Gasteiger partial charge in [-0.1, -0.05) is 48.0 Å². The van der Waals surface area contributed by atoms with E-state index in [-0.39, 0.29) is 16.9 Å². The third kappa shape index (κ3) is 3.85. The van der Waals surface area contributed by atoms with Crippen LogP contribution in [0.4, 0.5) is 11.4 Å². The van der Waals surface area contributed by atoms with Gasteiger partial charge in [-0.15, -0.1) is 0 Å². The molecule has 0 amide bonds. The lowest BCUT2D eigenvalue weighted by atomic mass is 10.0. The van der Waals surface area contributed by atoms with E-state index in [0.717, 1.165) is 43.0 Å². The van der Waals surface area contributed by atoms with Crippen molar-refractivity contribution in [1.82, 2.24) is 15.1 Å². The smallest absolute Gasteiger partial charge is 0.295 e. The second-order valence-electron chi connectivity index (χ2n) is 8.14. The van der Waals surface area contributed by atoms with Crippen LogP contribution in [0, 0.1) is 17.0 Å². The van der Waals surface area contributed by atoms with E-state index in [1.165, 1.54) is 10.7 Å². The van der Waals surface area contributed by atoms with Crippen molar-refractivity contribution in [2.45, 2.75) is 6.92 Å². The fourth-order valence-electron chi connectivity index (χ4n) is 4.23. The molecular weight excluding hydrogens is 418 g/mol. The predicted molar refractivity (Wildman–Crippen MR) is 129 cm³/mol. The number of anilines is 1. The van der Waals surface area contributed by atoms with Gasteiger partial charge < -0.3 is 10.2 Å². The van der Waals surface area contributed by atoms with Crippen molar-refractivity contribution >= 4 is 22.1 Å². The number of fused-ring (bicyclic) bond motifs is 1. The SMILES string of the molecule is Cc1ccc(-c2nn(-c3cc(N4CCNCC4)ccc3[N+](=O)[O-])c(=O)c3ccccc23)cc1. The van der Waals surface area contributed by atoms with Crippen molar-refractivity contribution in [3.05, 3.63) is 92.8 Å². The van der Waals surface area contributed by atoms with Gasteiger partial charge >= 0.3 is 0 Å². The molecule has 8 nitrogen and oxygen atoms in total. The number of hydrogen-bond acceptors (Lipinski definition) is 6. The molecular formula is C25H23N5O3. The minimum atomic E-state index is -0.467. The molecule has 3 aromatic carbocycles. The molecule has 1 N–H and O–H groups in total. The summed E-state index contributed by atoms with van der Waals surface area (Å²) in [6, 6.07) is 20.0. The number of nitrogens with zero attached hydrogens (tertiary/aromatic N) is 4. The molecule has 1 aliphatic heterocycles. The Bertz CT molecular complexity index is 1410. The first-order chi connectivity index (χ1) is 16.0. The Kier molecular flexibility index (Phi) is 5.35. The second-order valence-corrected chi connectivity index (χ2v) is 8.14. The van der Waals surface area contributed by atoms with Crippen LogP contribution < -0.4 is 15.8 Å². The minimum Gasteiger partial charge on any atom is -0.369 e. The second kappa shape index (κ2) is 8.48. The highest BCUT2D eigenvalue weighted by molar-refractivity contribution is 5.94. The van der Waals surface area contributed by atoms with Crippen LogP contribution in [0.3, 0.4) is 0 Å². The standard InChI is InChI=1S/C25H23N5O3/c1-17-6-8-18(9-7-17)24-20-4-2-3-5-21(20)25(31)29(27-24)23-16-19(10-11-22(23)30(32)33)28-14-12-26-13-15-28/h2-11,16,26H,12-15H2,1H3. The number of hydrogen-bond donors (Lipinski definition) is 1. The molecule has 0 aliphatic carbocycles. The molecule has 0 bridgehead atoms. The number of nitro groups is 1. The van der Waals surface area contributed by atoms with Crippen LogP contribution in [0.25, 0.3) is 27.7 Å². The summed E-state index contributed by atoms with van der Waals surface area (Å²) < 4.78 is 1.18. The van der Waals surface area contributed by atoms with Gasteiger partial charge in [0.2, 0.25) is 0 Å². The third-order valence-corrected chi connectivity index (χ3v) is 6.00. The number of nitro benzene ring substituents is 1. The molecule has 0 saturated carbocycles. The molecule has 0 spiro atoms. The van der Waals surface area contributed by atoms with Gasteiger partial charge in [-0.05, 0) is 25.1 Å². The first kappa shape index (κ1) is 20.8. The Balaban J connectivity index is 1.77. The molecule has 1 saturated heterocycles. The number of aryl methyl sites for hydroxylation is 1. The summed E-state index contributed by atoms with van der Waals surface area (Å²) >= 11 is 0. The van der Waals surface area contributed by atoms with Crippen molar-refractivity contribution < 1.29 is 4.92 Å². The average Bonchev–Trinajstić information content (AvgIpc) is 2.85. The molecule has 2 heterocycles. The van der Waals surface area contributed by atoms with Gasteiger partial charge in [-0.25, -0.2) is 0 Å². The molecule has 1 fully saturated rings. The first-order valence-electron chi connectivity index (χ1n) is 10.9. The number of piperazine rings is 1. The molecule has 8 heteroatoms. The van der Waals surface area contributed by atoms with Gasteiger partial charge in [0, 0.05) is 48.9 Å². The maximum absolute atomic E-state index is 13.5. The van der Waals surface area contributed by atoms with Crippen LogP contribution in [-0.4, -0.2) is 40.9 Å². The molecule has 0 atom stereocenters. The number of benzene rings is 3. The van der Waals surface area contributed by atoms with E-state index in [2.05, 4.69) is 15.3 Å². The summed E-state index contributed by atoms with van der Waals surface area (Å²) in [6.45, 7) is 5.23. The summed E-state index contributed by atoms with van der Waals surface area (Å²) in [7, 11) is 0. The summed E-state index contributed by atoms with van der Waals surface area (Å²) in [5, 5.41) is 21.0. The zero-order chi connectivity index (χ0) is 22.9. The zero-order valence-corrected chi connectivity index (χ0v) is 18.2. The fraction of sp³-hybridized carbons (Fsp3) is 0.200. The van der Waals surface area contributed by atoms with Crippen LogP contribution in [0.1, 0.15) is 5.56 Å². The highest BCUT2D eigenvalue weighted by Crippen LogP contribution is 2.30. The van der Waals surface area contributed by atoms with E-state index in [0.29, 0.717) is 16.5 Å². The van der Waals surface area contributed by atoms with E-state index < -0.39 is 4.92 Å². The number of rotatable bonds is 4. The summed E-state index contributed by atoms with van der Waals surface area (Å²) in [5.41, 5.74) is 3.00. The van der Waals surface area contributed by atoms with Crippen molar-refractivity contribution in [1.29, 1.82) is 0 Å². The molecule has 1 aromatic heterocycles. The normalized spacial score (nSPS) is 13.9. The van der Waals surface area contributed by atoms with Gasteiger partial charge in [-0.3, -0.25) is 14.9 Å². The molecule has 33 heavy (non-hydrogen) atoms. The highest BCUT2D eigenvalue weighted by atomic mass is 16.6. The lowest BCUT2D eigenvalue weighted by Crippen LogP contribution is -2.43. The minimum absolute atomic E-state index is 0.159. The topological polar surface area (TPSA) is 93.3 Å². The van der Waals surface area contributed by atoms with E-state index in [1.54, 1.807) is 24.3 Å². The molecule has 166 valence electrons. The largest absolute Gasteiger partial charge is 0.369 e. The Hall–Kier alpha value is -4.04. The maximum atomic E-state index is 13.5. The Morgan fingerprint density at radius 3 is 2.36 bits per heavy atom. The van der Waals surface area contributed by atoms with E-state index in [9.17, 15) is 14.9 Å². The Morgan fingerprint density at radius 2 is 1.67 bits per heavy atom. The van der Waals surface area contributed by atoms with Crippen LogP contribution in [0.2, 0.25) is 0 Å². The lowest BCUT2D eigenvalue weighted by Gasteiger charge is -2.29. The third-order valence-electron chi connectivity index (χ3n) is 6.00. The molecule has 0 radical (unpaired) electrons. The van der Waals surface area contributed by atoms with Gasteiger partial charge in [0.05, 0.1) is 16.0 Å². The van der Waals surface area contributed by atoms with Gasteiger partial charge in [-0.2, -0.15) is 9.78 Å². The summed E-state index contributed by atoms with van der Waals surface area (Å²) in [6.07, 6.45) is 0. The van der Waals surface area contributed by atoms with Crippen molar-refractivity contribution in [3.63, 3.8) is 0 Å².